The second-order valence-corrected chi connectivity index (χ2v) is 4.35. The fourth-order valence-corrected chi connectivity index (χ4v) is 1.83. The number of hydrogen-bond acceptors (Lipinski definition) is 3. The molecule has 0 spiro atoms. The van der Waals surface area contributed by atoms with Gasteiger partial charge in [0.1, 0.15) is 0 Å². The number of thioether (sulfide) groups is 1. The molecule has 0 saturated carbocycles. The second-order valence-electron chi connectivity index (χ2n) is 3.36. The Kier molecular flexibility index (Phi) is 8.91. The largest absolute Gasteiger partial charge is 0.378 e. The van der Waals surface area contributed by atoms with Gasteiger partial charge < -0.3 is 5.73 Å². The third kappa shape index (κ3) is 6.79. The van der Waals surface area contributed by atoms with Crippen LogP contribution in [0.2, 0.25) is 0 Å². The number of rotatable bonds is 5. The molecule has 0 radical (unpaired) electrons. The van der Waals surface area contributed by atoms with Crippen LogP contribution in [0.15, 0.2) is 28.9 Å². The van der Waals surface area contributed by atoms with Gasteiger partial charge in [-0.05, 0) is 18.4 Å². The Labute approximate surface area is 107 Å². The quantitative estimate of drug-likeness (QED) is 0.785. The number of hydrogen-bond donors (Lipinski definition) is 1. The molecule has 0 saturated heterocycles. The lowest BCUT2D eigenvalue weighted by Gasteiger charge is -2.05. The first-order valence-electron chi connectivity index (χ1n) is 5.14. The van der Waals surface area contributed by atoms with E-state index in [1.807, 2.05) is 6.20 Å². The highest BCUT2D eigenvalue weighted by Crippen LogP contribution is 2.15. The minimum absolute atomic E-state index is 0. The number of aliphatic imine (C=N–C) groups is 1. The molecule has 0 aliphatic carbocycles. The fourth-order valence-electron chi connectivity index (χ4n) is 1.22. The maximum atomic E-state index is 5.54. The van der Waals surface area contributed by atoms with Gasteiger partial charge in [-0.2, -0.15) is 0 Å². The van der Waals surface area contributed by atoms with Crippen LogP contribution in [0.3, 0.4) is 0 Å². The zero-order valence-corrected chi connectivity index (χ0v) is 11.6. The van der Waals surface area contributed by atoms with Crippen LogP contribution in [0.25, 0.3) is 0 Å². The molecular formula is C11H19BrN2S. The molecule has 0 atom stereocenters. The van der Waals surface area contributed by atoms with Crippen molar-refractivity contribution in [1.82, 2.24) is 0 Å². The maximum Gasteiger partial charge on any atom is 0.158 e. The molecule has 1 aliphatic heterocycles. The normalized spacial score (nSPS) is 15.8. The topological polar surface area (TPSA) is 38.4 Å². The minimum atomic E-state index is 0. The SMILES string of the molecule is Br.CCCCC/C=C/C1=CN=C(N)SC1. The smallest absolute Gasteiger partial charge is 0.158 e. The van der Waals surface area contributed by atoms with E-state index in [1.165, 1.54) is 31.3 Å². The maximum absolute atomic E-state index is 5.54. The van der Waals surface area contributed by atoms with Crippen LogP contribution in [-0.2, 0) is 0 Å². The molecule has 4 heteroatoms. The van der Waals surface area contributed by atoms with Gasteiger partial charge in [0.2, 0.25) is 0 Å². The van der Waals surface area contributed by atoms with Gasteiger partial charge in [0, 0.05) is 12.0 Å². The van der Waals surface area contributed by atoms with E-state index in [2.05, 4.69) is 24.1 Å². The number of amidine groups is 1. The molecule has 0 amide bonds. The standard InChI is InChI=1S/C11H18N2S.BrH/c1-2-3-4-5-6-7-10-8-13-11(12)14-9-10;/h6-8H,2-5,9H2,1H3,(H2,12,13);1H/b7-6+;. The number of halogens is 1. The van der Waals surface area contributed by atoms with Crippen LogP contribution in [0, 0.1) is 0 Å². The summed E-state index contributed by atoms with van der Waals surface area (Å²) in [6, 6.07) is 0. The average Bonchev–Trinajstić information content (AvgIpc) is 2.21. The summed E-state index contributed by atoms with van der Waals surface area (Å²) in [6.45, 7) is 2.22. The van der Waals surface area contributed by atoms with Gasteiger partial charge in [0.15, 0.2) is 5.17 Å². The van der Waals surface area contributed by atoms with E-state index < -0.39 is 0 Å². The number of nitrogens with two attached hydrogens (primary N) is 1. The number of allylic oxidation sites excluding steroid dienone is 2. The molecule has 0 fully saturated rings. The van der Waals surface area contributed by atoms with Crippen molar-refractivity contribution in [2.45, 2.75) is 32.6 Å². The highest BCUT2D eigenvalue weighted by Gasteiger charge is 2.01. The Morgan fingerprint density at radius 3 is 2.93 bits per heavy atom. The molecule has 15 heavy (non-hydrogen) atoms. The molecule has 0 aromatic carbocycles. The summed E-state index contributed by atoms with van der Waals surface area (Å²) in [5, 5.41) is 0.674. The summed E-state index contributed by atoms with van der Waals surface area (Å²) in [6.07, 6.45) is 11.3. The van der Waals surface area contributed by atoms with E-state index in [0.29, 0.717) is 5.17 Å². The molecule has 1 aliphatic rings. The molecule has 1 rings (SSSR count). The van der Waals surface area contributed by atoms with E-state index in [-0.39, 0.29) is 17.0 Å². The first kappa shape index (κ1) is 14.8. The van der Waals surface area contributed by atoms with Crippen molar-refractivity contribution < 1.29 is 0 Å². The van der Waals surface area contributed by atoms with Crippen molar-refractivity contribution >= 4 is 33.9 Å². The Hall–Kier alpha value is -0.220. The van der Waals surface area contributed by atoms with Gasteiger partial charge in [-0.1, -0.05) is 43.7 Å². The van der Waals surface area contributed by atoms with Crippen LogP contribution in [0.4, 0.5) is 0 Å². The van der Waals surface area contributed by atoms with Gasteiger partial charge in [-0.3, -0.25) is 0 Å². The van der Waals surface area contributed by atoms with Crippen molar-refractivity contribution in [2.24, 2.45) is 10.7 Å². The van der Waals surface area contributed by atoms with Gasteiger partial charge in [0.25, 0.3) is 0 Å². The van der Waals surface area contributed by atoms with Gasteiger partial charge in [0.05, 0.1) is 0 Å². The van der Waals surface area contributed by atoms with Gasteiger partial charge in [-0.15, -0.1) is 17.0 Å². The fraction of sp³-hybridized carbons (Fsp3) is 0.545. The lowest BCUT2D eigenvalue weighted by Crippen LogP contribution is -2.09. The predicted molar refractivity (Wildman–Crippen MR) is 75.8 cm³/mol. The second kappa shape index (κ2) is 9.04. The van der Waals surface area contributed by atoms with E-state index in [1.54, 1.807) is 11.8 Å². The summed E-state index contributed by atoms with van der Waals surface area (Å²) in [5.74, 6) is 0.958. The lowest BCUT2D eigenvalue weighted by atomic mass is 10.2. The summed E-state index contributed by atoms with van der Waals surface area (Å²) in [5.41, 5.74) is 6.80. The molecular weight excluding hydrogens is 272 g/mol. The van der Waals surface area contributed by atoms with Crippen molar-refractivity contribution in [1.29, 1.82) is 0 Å². The highest BCUT2D eigenvalue weighted by atomic mass is 79.9. The molecule has 2 nitrogen and oxygen atoms in total. The van der Waals surface area contributed by atoms with Crippen LogP contribution >= 0.6 is 28.7 Å². The van der Waals surface area contributed by atoms with Crippen LogP contribution in [0.1, 0.15) is 32.6 Å². The van der Waals surface area contributed by atoms with E-state index >= 15 is 0 Å². The summed E-state index contributed by atoms with van der Waals surface area (Å²) in [4.78, 5) is 4.07. The Balaban J connectivity index is 0.00000196. The summed E-state index contributed by atoms with van der Waals surface area (Å²) < 4.78 is 0. The molecule has 0 aromatic heterocycles. The van der Waals surface area contributed by atoms with Gasteiger partial charge in [-0.25, -0.2) is 4.99 Å². The molecule has 0 aromatic rings. The Morgan fingerprint density at radius 2 is 2.33 bits per heavy atom. The van der Waals surface area contributed by atoms with Crippen molar-refractivity contribution in [3.05, 3.63) is 23.9 Å². The zero-order valence-electron chi connectivity index (χ0n) is 9.11. The van der Waals surface area contributed by atoms with Gasteiger partial charge >= 0.3 is 0 Å². The van der Waals surface area contributed by atoms with Crippen LogP contribution in [-0.4, -0.2) is 10.9 Å². The summed E-state index contributed by atoms with van der Waals surface area (Å²) >= 11 is 1.60. The third-order valence-corrected chi connectivity index (χ3v) is 2.93. The van der Waals surface area contributed by atoms with Crippen molar-refractivity contribution in [2.75, 3.05) is 5.75 Å². The lowest BCUT2D eigenvalue weighted by molar-refractivity contribution is 0.729. The summed E-state index contributed by atoms with van der Waals surface area (Å²) in [7, 11) is 0. The molecule has 2 N–H and O–H groups in total. The Morgan fingerprint density at radius 1 is 1.53 bits per heavy atom. The molecule has 0 bridgehead atoms. The predicted octanol–water partition coefficient (Wildman–Crippen LogP) is 3.65. The Bertz CT molecular complexity index is 259. The van der Waals surface area contributed by atoms with Crippen molar-refractivity contribution in [3.8, 4) is 0 Å². The van der Waals surface area contributed by atoms with Crippen LogP contribution < -0.4 is 5.73 Å². The first-order valence-corrected chi connectivity index (χ1v) is 6.13. The average molecular weight is 291 g/mol. The minimum Gasteiger partial charge on any atom is -0.378 e. The molecule has 86 valence electrons. The molecule has 0 unspecified atom stereocenters. The number of unbranched alkanes of at least 4 members (excludes halogenated alkanes) is 3. The van der Waals surface area contributed by atoms with E-state index in [9.17, 15) is 0 Å². The monoisotopic (exact) mass is 290 g/mol. The van der Waals surface area contributed by atoms with E-state index in [0.717, 1.165) is 5.75 Å². The number of nitrogens with zero attached hydrogens (tertiary/aromatic N) is 1. The molecule has 1 heterocycles. The van der Waals surface area contributed by atoms with E-state index in [4.69, 9.17) is 5.73 Å². The zero-order chi connectivity index (χ0) is 10.2. The highest BCUT2D eigenvalue weighted by molar-refractivity contribution is 8.93. The van der Waals surface area contributed by atoms with Crippen LogP contribution in [0.5, 0.6) is 0 Å². The third-order valence-electron chi connectivity index (χ3n) is 2.05. The van der Waals surface area contributed by atoms with Crippen molar-refractivity contribution in [3.63, 3.8) is 0 Å². The first-order chi connectivity index (χ1) is 6.83.